The van der Waals surface area contributed by atoms with Gasteiger partial charge in [0, 0.05) is 51.5 Å². The van der Waals surface area contributed by atoms with Gasteiger partial charge in [0.25, 0.3) is 5.91 Å². The van der Waals surface area contributed by atoms with Crippen molar-refractivity contribution in [2.24, 2.45) is 5.73 Å². The first-order chi connectivity index (χ1) is 14.1. The molecule has 8 heteroatoms. The van der Waals surface area contributed by atoms with Crippen LogP contribution in [0.3, 0.4) is 0 Å². The standard InChI is InChI=1S/C21H27N7O/c1-27(10-3-11-28-12-8-23-9-13-28)18-7-6-15(14-24-18)21-25-17-5-2-4-16(20(22)29)19(17)26-21/h2,4-7,14,23H,3,8-13H2,1H3,(H2,22,29)(H,25,26). The number of rotatable bonds is 7. The first kappa shape index (κ1) is 19.4. The van der Waals surface area contributed by atoms with Crippen molar-refractivity contribution < 1.29 is 4.79 Å². The monoisotopic (exact) mass is 393 g/mol. The number of piperazine rings is 1. The van der Waals surface area contributed by atoms with Crippen molar-refractivity contribution in [2.45, 2.75) is 6.42 Å². The number of benzene rings is 1. The highest BCUT2D eigenvalue weighted by Gasteiger charge is 2.13. The van der Waals surface area contributed by atoms with E-state index in [1.807, 2.05) is 24.4 Å². The van der Waals surface area contributed by atoms with Crippen molar-refractivity contribution >= 4 is 22.8 Å². The first-order valence-corrected chi connectivity index (χ1v) is 10.0. The number of pyridine rings is 1. The summed E-state index contributed by atoms with van der Waals surface area (Å²) in [6, 6.07) is 9.36. The molecule has 1 aliphatic rings. The van der Waals surface area contributed by atoms with E-state index in [0.717, 1.165) is 62.6 Å². The molecule has 0 aliphatic carbocycles. The van der Waals surface area contributed by atoms with Crippen LogP contribution in [-0.2, 0) is 0 Å². The van der Waals surface area contributed by atoms with Gasteiger partial charge in [-0.25, -0.2) is 9.97 Å². The summed E-state index contributed by atoms with van der Waals surface area (Å²) in [7, 11) is 2.07. The molecule has 1 aliphatic heterocycles. The zero-order valence-electron chi connectivity index (χ0n) is 16.7. The number of aromatic nitrogens is 3. The highest BCUT2D eigenvalue weighted by Crippen LogP contribution is 2.23. The molecule has 0 spiro atoms. The van der Waals surface area contributed by atoms with Gasteiger partial charge in [-0.05, 0) is 37.2 Å². The van der Waals surface area contributed by atoms with Gasteiger partial charge in [-0.1, -0.05) is 6.07 Å². The Bertz CT molecular complexity index is 976. The summed E-state index contributed by atoms with van der Waals surface area (Å²) in [4.78, 5) is 28.7. The Morgan fingerprint density at radius 1 is 1.24 bits per heavy atom. The Balaban J connectivity index is 1.41. The quantitative estimate of drug-likeness (QED) is 0.561. The van der Waals surface area contributed by atoms with Crippen LogP contribution in [0.4, 0.5) is 5.82 Å². The van der Waals surface area contributed by atoms with Gasteiger partial charge in [-0.3, -0.25) is 4.79 Å². The predicted molar refractivity (Wildman–Crippen MR) is 115 cm³/mol. The number of fused-ring (bicyclic) bond motifs is 1. The SMILES string of the molecule is CN(CCCN1CCNCC1)c1ccc(-c2nc3c(C(N)=O)cccc3[nH]2)cn1. The smallest absolute Gasteiger partial charge is 0.250 e. The molecule has 0 saturated carbocycles. The van der Waals surface area contributed by atoms with Crippen LogP contribution in [0, 0.1) is 0 Å². The molecule has 2 aromatic heterocycles. The number of imidazole rings is 1. The van der Waals surface area contributed by atoms with E-state index < -0.39 is 5.91 Å². The Kier molecular flexibility index (Phi) is 5.73. The molecule has 1 aromatic carbocycles. The van der Waals surface area contributed by atoms with Crippen LogP contribution in [0.2, 0.25) is 0 Å². The number of H-pyrrole nitrogens is 1. The Morgan fingerprint density at radius 2 is 2.07 bits per heavy atom. The fourth-order valence-electron chi connectivity index (χ4n) is 3.70. The second kappa shape index (κ2) is 8.59. The molecule has 0 radical (unpaired) electrons. The lowest BCUT2D eigenvalue weighted by molar-refractivity contribution is 0.100. The number of anilines is 1. The summed E-state index contributed by atoms with van der Waals surface area (Å²) in [5.41, 5.74) is 8.11. The Hall–Kier alpha value is -2.97. The van der Waals surface area contributed by atoms with Crippen LogP contribution in [0.5, 0.6) is 0 Å². The van der Waals surface area contributed by atoms with E-state index in [1.54, 1.807) is 12.1 Å². The normalized spacial score (nSPS) is 14.9. The van der Waals surface area contributed by atoms with E-state index in [4.69, 9.17) is 5.73 Å². The molecule has 152 valence electrons. The number of carbonyl (C=O) groups is 1. The van der Waals surface area contributed by atoms with Gasteiger partial charge in [0.15, 0.2) is 0 Å². The van der Waals surface area contributed by atoms with Crippen molar-refractivity contribution in [1.29, 1.82) is 0 Å². The Morgan fingerprint density at radius 3 is 2.79 bits per heavy atom. The second-order valence-corrected chi connectivity index (χ2v) is 7.42. The number of hydrogen-bond donors (Lipinski definition) is 3. The largest absolute Gasteiger partial charge is 0.366 e. The molecule has 1 saturated heterocycles. The number of carbonyl (C=O) groups excluding carboxylic acids is 1. The van der Waals surface area contributed by atoms with Crippen molar-refractivity contribution in [3.8, 4) is 11.4 Å². The molecule has 0 bridgehead atoms. The molecular weight excluding hydrogens is 366 g/mol. The molecule has 0 unspecified atom stereocenters. The number of nitrogens with zero attached hydrogens (tertiary/aromatic N) is 4. The minimum Gasteiger partial charge on any atom is -0.366 e. The van der Waals surface area contributed by atoms with Crippen molar-refractivity contribution in [3.63, 3.8) is 0 Å². The van der Waals surface area contributed by atoms with Gasteiger partial charge in [0.2, 0.25) is 0 Å². The molecule has 29 heavy (non-hydrogen) atoms. The third-order valence-corrected chi connectivity index (χ3v) is 5.37. The van der Waals surface area contributed by atoms with Crippen molar-refractivity contribution in [3.05, 3.63) is 42.1 Å². The predicted octanol–water partition coefficient (Wildman–Crippen LogP) is 1.46. The topological polar surface area (TPSA) is 103 Å². The van der Waals surface area contributed by atoms with Crippen LogP contribution >= 0.6 is 0 Å². The summed E-state index contributed by atoms with van der Waals surface area (Å²) < 4.78 is 0. The zero-order chi connectivity index (χ0) is 20.2. The third kappa shape index (κ3) is 4.38. The number of aromatic amines is 1. The molecular formula is C21H27N7O. The fraction of sp³-hybridized carbons (Fsp3) is 0.381. The van der Waals surface area contributed by atoms with Crippen LogP contribution in [0.1, 0.15) is 16.8 Å². The van der Waals surface area contributed by atoms with Gasteiger partial charge >= 0.3 is 0 Å². The zero-order valence-corrected chi connectivity index (χ0v) is 16.7. The second-order valence-electron chi connectivity index (χ2n) is 7.42. The maximum absolute atomic E-state index is 11.6. The summed E-state index contributed by atoms with van der Waals surface area (Å²) in [5, 5.41) is 3.38. The molecule has 4 rings (SSSR count). The summed E-state index contributed by atoms with van der Waals surface area (Å²) >= 11 is 0. The van der Waals surface area contributed by atoms with Crippen LogP contribution < -0.4 is 16.0 Å². The molecule has 4 N–H and O–H groups in total. The minimum absolute atomic E-state index is 0.416. The van der Waals surface area contributed by atoms with E-state index in [2.05, 4.69) is 37.1 Å². The van der Waals surface area contributed by atoms with Gasteiger partial charge < -0.3 is 25.8 Å². The molecule has 3 aromatic rings. The van der Waals surface area contributed by atoms with E-state index >= 15 is 0 Å². The number of nitrogens with two attached hydrogens (primary N) is 1. The van der Waals surface area contributed by atoms with Gasteiger partial charge in [-0.2, -0.15) is 0 Å². The lowest BCUT2D eigenvalue weighted by Gasteiger charge is -2.28. The van der Waals surface area contributed by atoms with Crippen LogP contribution in [-0.4, -0.2) is 72.1 Å². The molecule has 1 amide bonds. The van der Waals surface area contributed by atoms with E-state index in [1.165, 1.54) is 0 Å². The lowest BCUT2D eigenvalue weighted by Crippen LogP contribution is -2.44. The highest BCUT2D eigenvalue weighted by atomic mass is 16.1. The van der Waals surface area contributed by atoms with E-state index in [9.17, 15) is 4.79 Å². The number of amides is 1. The van der Waals surface area contributed by atoms with Crippen LogP contribution in [0.15, 0.2) is 36.5 Å². The van der Waals surface area contributed by atoms with Gasteiger partial charge in [-0.15, -0.1) is 0 Å². The first-order valence-electron chi connectivity index (χ1n) is 10.0. The molecule has 3 heterocycles. The number of hydrogen-bond acceptors (Lipinski definition) is 6. The molecule has 0 atom stereocenters. The minimum atomic E-state index is -0.482. The number of primary amides is 1. The fourth-order valence-corrected chi connectivity index (χ4v) is 3.70. The number of nitrogens with one attached hydrogen (secondary N) is 2. The van der Waals surface area contributed by atoms with Crippen LogP contribution in [0.25, 0.3) is 22.4 Å². The number of para-hydroxylation sites is 1. The maximum atomic E-state index is 11.6. The van der Waals surface area contributed by atoms with Gasteiger partial charge in [0.1, 0.15) is 17.2 Å². The van der Waals surface area contributed by atoms with E-state index in [0.29, 0.717) is 16.9 Å². The lowest BCUT2D eigenvalue weighted by atomic mass is 10.2. The Labute approximate surface area is 170 Å². The molecule has 1 fully saturated rings. The third-order valence-electron chi connectivity index (χ3n) is 5.37. The maximum Gasteiger partial charge on any atom is 0.250 e. The van der Waals surface area contributed by atoms with Crippen molar-refractivity contribution in [2.75, 3.05) is 51.2 Å². The van der Waals surface area contributed by atoms with E-state index in [-0.39, 0.29) is 0 Å². The average Bonchev–Trinajstić information content (AvgIpc) is 3.19. The average molecular weight is 393 g/mol. The summed E-state index contributed by atoms with van der Waals surface area (Å²) in [6.07, 6.45) is 2.92. The highest BCUT2D eigenvalue weighted by molar-refractivity contribution is 6.04. The van der Waals surface area contributed by atoms with Gasteiger partial charge in [0.05, 0.1) is 11.1 Å². The summed E-state index contributed by atoms with van der Waals surface area (Å²) in [6.45, 7) is 6.51. The summed E-state index contributed by atoms with van der Waals surface area (Å²) in [5.74, 6) is 1.13. The van der Waals surface area contributed by atoms with Crippen molar-refractivity contribution in [1.82, 2.24) is 25.2 Å². The molecule has 8 nitrogen and oxygen atoms in total.